The van der Waals surface area contributed by atoms with E-state index in [1.807, 2.05) is 43.3 Å². The van der Waals surface area contributed by atoms with Gasteiger partial charge in [-0.25, -0.2) is 0 Å². The molecule has 1 unspecified atom stereocenters. The number of hydrogen-bond donors (Lipinski definition) is 1. The van der Waals surface area contributed by atoms with Gasteiger partial charge in [-0.3, -0.25) is 4.98 Å². The first kappa shape index (κ1) is 11.6. The van der Waals surface area contributed by atoms with Gasteiger partial charge in [0.1, 0.15) is 11.9 Å². The average Bonchev–Trinajstić information content (AvgIpc) is 2.40. The number of aliphatic hydroxyl groups is 1. The van der Waals surface area contributed by atoms with E-state index in [1.54, 1.807) is 12.3 Å². The molecule has 0 spiro atoms. The van der Waals surface area contributed by atoms with Crippen molar-refractivity contribution < 1.29 is 9.84 Å². The zero-order valence-corrected chi connectivity index (χ0v) is 9.71. The number of aliphatic hydroxyl groups excluding tert-OH is 1. The Morgan fingerprint density at radius 3 is 2.65 bits per heavy atom. The molecule has 1 aromatic carbocycles. The van der Waals surface area contributed by atoms with Crippen molar-refractivity contribution in [3.8, 4) is 5.75 Å². The molecular formula is C14H15NO2. The van der Waals surface area contributed by atoms with Crippen LogP contribution in [0.3, 0.4) is 0 Å². The zero-order valence-electron chi connectivity index (χ0n) is 9.71. The third-order valence-electron chi connectivity index (χ3n) is 2.48. The molecule has 0 aliphatic rings. The normalized spacial score (nSPS) is 12.1. The van der Waals surface area contributed by atoms with Crippen molar-refractivity contribution in [2.45, 2.75) is 13.0 Å². The summed E-state index contributed by atoms with van der Waals surface area (Å²) in [6.07, 6.45) is 0.918. The van der Waals surface area contributed by atoms with Crippen molar-refractivity contribution in [1.82, 2.24) is 4.98 Å². The highest BCUT2D eigenvalue weighted by Gasteiger charge is 2.15. The van der Waals surface area contributed by atoms with Crippen LogP contribution in [0.5, 0.6) is 5.75 Å². The fraction of sp³-hybridized carbons (Fsp3) is 0.214. The Kier molecular flexibility index (Phi) is 3.73. The summed E-state index contributed by atoms with van der Waals surface area (Å²) < 4.78 is 5.49. The summed E-state index contributed by atoms with van der Waals surface area (Å²) in [4.78, 5) is 4.15. The Hall–Kier alpha value is -1.87. The van der Waals surface area contributed by atoms with Gasteiger partial charge in [0.25, 0.3) is 0 Å². The molecule has 0 saturated heterocycles. The van der Waals surface area contributed by atoms with Gasteiger partial charge in [-0.15, -0.1) is 0 Å². The quantitative estimate of drug-likeness (QED) is 0.876. The minimum absolute atomic E-state index is 0.575. The van der Waals surface area contributed by atoms with E-state index >= 15 is 0 Å². The lowest BCUT2D eigenvalue weighted by Crippen LogP contribution is -2.05. The minimum atomic E-state index is -0.751. The highest BCUT2D eigenvalue weighted by Crippen LogP contribution is 2.28. The Labute approximate surface area is 101 Å². The van der Waals surface area contributed by atoms with Crippen LogP contribution in [0.2, 0.25) is 0 Å². The van der Waals surface area contributed by atoms with E-state index in [0.717, 1.165) is 5.56 Å². The van der Waals surface area contributed by atoms with Crippen molar-refractivity contribution in [2.75, 3.05) is 6.61 Å². The topological polar surface area (TPSA) is 42.4 Å². The molecule has 2 rings (SSSR count). The van der Waals surface area contributed by atoms with E-state index in [0.29, 0.717) is 18.1 Å². The van der Waals surface area contributed by atoms with Gasteiger partial charge in [-0.05, 0) is 25.1 Å². The third kappa shape index (κ3) is 2.63. The summed E-state index contributed by atoms with van der Waals surface area (Å²) in [5, 5.41) is 10.3. The van der Waals surface area contributed by atoms with Crippen molar-refractivity contribution >= 4 is 0 Å². The standard InChI is InChI=1S/C14H15NO2/c1-2-17-13-9-4-3-7-11(13)14(16)12-8-5-6-10-15-12/h3-10,14,16H,2H2,1H3. The summed E-state index contributed by atoms with van der Waals surface area (Å²) >= 11 is 0. The lowest BCUT2D eigenvalue weighted by Gasteiger charge is -2.14. The first-order valence-corrected chi connectivity index (χ1v) is 5.63. The van der Waals surface area contributed by atoms with E-state index in [1.165, 1.54) is 0 Å². The molecule has 2 aromatic rings. The lowest BCUT2D eigenvalue weighted by atomic mass is 10.1. The second-order valence-electron chi connectivity index (χ2n) is 3.63. The van der Waals surface area contributed by atoms with Gasteiger partial charge in [0.05, 0.1) is 12.3 Å². The average molecular weight is 229 g/mol. The summed E-state index contributed by atoms with van der Waals surface area (Å²) in [5.74, 6) is 0.702. The second kappa shape index (κ2) is 5.46. The predicted molar refractivity (Wildman–Crippen MR) is 65.9 cm³/mol. The van der Waals surface area contributed by atoms with Crippen LogP contribution in [-0.4, -0.2) is 16.7 Å². The highest BCUT2D eigenvalue weighted by molar-refractivity contribution is 5.38. The predicted octanol–water partition coefficient (Wildman–Crippen LogP) is 2.56. The minimum Gasteiger partial charge on any atom is -0.493 e. The van der Waals surface area contributed by atoms with Gasteiger partial charge >= 0.3 is 0 Å². The fourth-order valence-electron chi connectivity index (χ4n) is 1.69. The van der Waals surface area contributed by atoms with E-state index in [-0.39, 0.29) is 0 Å². The molecule has 0 fully saturated rings. The molecule has 3 nitrogen and oxygen atoms in total. The van der Waals surface area contributed by atoms with Crippen molar-refractivity contribution in [3.05, 3.63) is 59.9 Å². The number of nitrogens with zero attached hydrogens (tertiary/aromatic N) is 1. The maximum absolute atomic E-state index is 10.3. The Bertz CT molecular complexity index is 471. The number of ether oxygens (including phenoxy) is 1. The largest absolute Gasteiger partial charge is 0.493 e. The van der Waals surface area contributed by atoms with Gasteiger partial charge in [0.15, 0.2) is 0 Å². The molecule has 0 aliphatic carbocycles. The van der Waals surface area contributed by atoms with E-state index in [2.05, 4.69) is 4.98 Å². The van der Waals surface area contributed by atoms with E-state index < -0.39 is 6.10 Å². The van der Waals surface area contributed by atoms with Crippen molar-refractivity contribution in [3.63, 3.8) is 0 Å². The van der Waals surface area contributed by atoms with Crippen LogP contribution in [0.4, 0.5) is 0 Å². The monoisotopic (exact) mass is 229 g/mol. The van der Waals surface area contributed by atoms with E-state index in [4.69, 9.17) is 4.74 Å². The summed E-state index contributed by atoms with van der Waals surface area (Å²) in [6.45, 7) is 2.50. The van der Waals surface area contributed by atoms with Crippen molar-refractivity contribution in [1.29, 1.82) is 0 Å². The number of rotatable bonds is 4. The molecule has 88 valence electrons. The molecule has 3 heteroatoms. The lowest BCUT2D eigenvalue weighted by molar-refractivity contribution is 0.207. The molecular weight excluding hydrogens is 214 g/mol. The first-order chi connectivity index (χ1) is 8.33. The molecule has 0 saturated carbocycles. The van der Waals surface area contributed by atoms with Crippen molar-refractivity contribution in [2.24, 2.45) is 0 Å². The van der Waals surface area contributed by atoms with Crippen LogP contribution in [0.25, 0.3) is 0 Å². The van der Waals surface area contributed by atoms with Crippen LogP contribution >= 0.6 is 0 Å². The maximum Gasteiger partial charge on any atom is 0.125 e. The summed E-state index contributed by atoms with van der Waals surface area (Å²) in [5.41, 5.74) is 1.37. The van der Waals surface area contributed by atoms with Gasteiger partial charge in [0, 0.05) is 11.8 Å². The second-order valence-corrected chi connectivity index (χ2v) is 3.63. The molecule has 0 aliphatic heterocycles. The fourth-order valence-corrected chi connectivity index (χ4v) is 1.69. The zero-order chi connectivity index (χ0) is 12.1. The Morgan fingerprint density at radius 2 is 1.94 bits per heavy atom. The van der Waals surface area contributed by atoms with Crippen LogP contribution in [0.15, 0.2) is 48.7 Å². The van der Waals surface area contributed by atoms with Crippen LogP contribution < -0.4 is 4.74 Å². The van der Waals surface area contributed by atoms with Gasteiger partial charge in [-0.2, -0.15) is 0 Å². The third-order valence-corrected chi connectivity index (χ3v) is 2.48. The highest BCUT2D eigenvalue weighted by atomic mass is 16.5. The number of hydrogen-bond acceptors (Lipinski definition) is 3. The van der Waals surface area contributed by atoms with Crippen LogP contribution in [-0.2, 0) is 0 Å². The Balaban J connectivity index is 2.33. The molecule has 1 heterocycles. The van der Waals surface area contributed by atoms with E-state index in [9.17, 15) is 5.11 Å². The molecule has 1 atom stereocenters. The summed E-state index contributed by atoms with van der Waals surface area (Å²) in [7, 11) is 0. The number of benzene rings is 1. The SMILES string of the molecule is CCOc1ccccc1C(O)c1ccccn1. The van der Waals surface area contributed by atoms with Gasteiger partial charge in [0.2, 0.25) is 0 Å². The number of para-hydroxylation sites is 1. The first-order valence-electron chi connectivity index (χ1n) is 5.63. The summed E-state index contributed by atoms with van der Waals surface area (Å²) in [6, 6.07) is 13.0. The molecule has 17 heavy (non-hydrogen) atoms. The maximum atomic E-state index is 10.3. The smallest absolute Gasteiger partial charge is 0.125 e. The number of pyridine rings is 1. The molecule has 0 amide bonds. The molecule has 1 N–H and O–H groups in total. The molecule has 1 aromatic heterocycles. The van der Waals surface area contributed by atoms with Crippen LogP contribution in [0, 0.1) is 0 Å². The van der Waals surface area contributed by atoms with Crippen LogP contribution in [0.1, 0.15) is 24.3 Å². The van der Waals surface area contributed by atoms with Gasteiger partial charge in [-0.1, -0.05) is 24.3 Å². The number of aromatic nitrogens is 1. The van der Waals surface area contributed by atoms with Gasteiger partial charge < -0.3 is 9.84 Å². The molecule has 0 radical (unpaired) electrons. The molecule has 0 bridgehead atoms. The Morgan fingerprint density at radius 1 is 1.18 bits per heavy atom.